The van der Waals surface area contributed by atoms with Crippen molar-refractivity contribution in [3.05, 3.63) is 53.9 Å². The number of para-hydroxylation sites is 1. The number of rotatable bonds is 6. The van der Waals surface area contributed by atoms with E-state index in [1.165, 1.54) is 7.11 Å². The lowest BCUT2D eigenvalue weighted by Crippen LogP contribution is -2.32. The van der Waals surface area contributed by atoms with Crippen LogP contribution >= 0.6 is 0 Å². The third-order valence-corrected chi connectivity index (χ3v) is 3.61. The van der Waals surface area contributed by atoms with Crippen LogP contribution in [0, 0.1) is 5.92 Å². The van der Waals surface area contributed by atoms with Crippen molar-refractivity contribution in [1.29, 1.82) is 0 Å². The minimum absolute atomic E-state index is 0.181. The van der Waals surface area contributed by atoms with Gasteiger partial charge < -0.3 is 14.8 Å². The highest BCUT2D eigenvalue weighted by atomic mass is 16.5. The molecule has 0 aliphatic rings. The number of methoxy groups -OCH3 is 2. The monoisotopic (exact) mass is 314 g/mol. The van der Waals surface area contributed by atoms with Crippen LogP contribution in [0.15, 0.2) is 42.6 Å². The van der Waals surface area contributed by atoms with E-state index in [4.69, 9.17) is 9.47 Å². The Morgan fingerprint density at radius 2 is 1.87 bits per heavy atom. The first-order valence-electron chi connectivity index (χ1n) is 7.51. The molecule has 1 unspecified atom stereocenters. The minimum Gasteiger partial charge on any atom is -0.493 e. The van der Waals surface area contributed by atoms with Gasteiger partial charge in [0.2, 0.25) is 0 Å². The molecule has 5 nitrogen and oxygen atoms in total. The average Bonchev–Trinajstić information content (AvgIpc) is 2.59. The van der Waals surface area contributed by atoms with Crippen LogP contribution in [-0.2, 0) is 0 Å². The molecule has 0 aliphatic carbocycles. The SMILES string of the molecule is COc1cccc(C(=O)NC(c2ccccn2)C(C)C)c1OC. The van der Waals surface area contributed by atoms with Crippen LogP contribution in [0.4, 0.5) is 0 Å². The minimum atomic E-state index is -0.217. The molecular weight excluding hydrogens is 292 g/mol. The smallest absolute Gasteiger partial charge is 0.255 e. The van der Waals surface area contributed by atoms with Gasteiger partial charge in [-0.3, -0.25) is 9.78 Å². The molecule has 5 heteroatoms. The summed E-state index contributed by atoms with van der Waals surface area (Å²) >= 11 is 0. The highest BCUT2D eigenvalue weighted by molar-refractivity contribution is 5.98. The maximum Gasteiger partial charge on any atom is 0.255 e. The molecule has 122 valence electrons. The largest absolute Gasteiger partial charge is 0.493 e. The molecule has 0 saturated carbocycles. The zero-order valence-corrected chi connectivity index (χ0v) is 13.9. The molecule has 1 N–H and O–H groups in total. The van der Waals surface area contributed by atoms with Crippen molar-refractivity contribution < 1.29 is 14.3 Å². The second-order valence-electron chi connectivity index (χ2n) is 5.49. The van der Waals surface area contributed by atoms with Crippen molar-refractivity contribution in [1.82, 2.24) is 10.3 Å². The Hall–Kier alpha value is -2.56. The van der Waals surface area contributed by atoms with E-state index in [1.54, 1.807) is 31.5 Å². The molecule has 0 spiro atoms. The van der Waals surface area contributed by atoms with E-state index in [-0.39, 0.29) is 17.9 Å². The second kappa shape index (κ2) is 7.63. The summed E-state index contributed by atoms with van der Waals surface area (Å²) in [5.41, 5.74) is 1.27. The van der Waals surface area contributed by atoms with Crippen molar-refractivity contribution in [3.8, 4) is 11.5 Å². The predicted molar refractivity (Wildman–Crippen MR) is 88.8 cm³/mol. The molecular formula is C18H22N2O3. The Morgan fingerprint density at radius 3 is 2.43 bits per heavy atom. The van der Waals surface area contributed by atoms with E-state index < -0.39 is 0 Å². The highest BCUT2D eigenvalue weighted by Crippen LogP contribution is 2.31. The van der Waals surface area contributed by atoms with Gasteiger partial charge in [0.15, 0.2) is 11.5 Å². The van der Waals surface area contributed by atoms with Crippen molar-refractivity contribution in [3.63, 3.8) is 0 Å². The molecule has 1 atom stereocenters. The summed E-state index contributed by atoms with van der Waals surface area (Å²) < 4.78 is 10.6. The van der Waals surface area contributed by atoms with Gasteiger partial charge in [-0.2, -0.15) is 0 Å². The summed E-state index contributed by atoms with van der Waals surface area (Å²) in [6, 6.07) is 10.7. The van der Waals surface area contributed by atoms with Crippen LogP contribution in [0.25, 0.3) is 0 Å². The van der Waals surface area contributed by atoms with E-state index >= 15 is 0 Å². The van der Waals surface area contributed by atoms with Gasteiger partial charge in [-0.25, -0.2) is 0 Å². The number of hydrogen-bond acceptors (Lipinski definition) is 4. The van der Waals surface area contributed by atoms with Crippen LogP contribution in [0.5, 0.6) is 11.5 Å². The molecule has 0 saturated heterocycles. The molecule has 2 aromatic rings. The average molecular weight is 314 g/mol. The van der Waals surface area contributed by atoms with Crippen molar-refractivity contribution >= 4 is 5.91 Å². The number of benzene rings is 1. The van der Waals surface area contributed by atoms with E-state index in [0.29, 0.717) is 17.1 Å². The lowest BCUT2D eigenvalue weighted by atomic mass is 9.99. The molecule has 2 rings (SSSR count). The number of ether oxygens (including phenoxy) is 2. The van der Waals surface area contributed by atoms with Crippen molar-refractivity contribution in [2.75, 3.05) is 14.2 Å². The van der Waals surface area contributed by atoms with Crippen LogP contribution in [0.3, 0.4) is 0 Å². The number of aromatic nitrogens is 1. The molecule has 0 aliphatic heterocycles. The first kappa shape index (κ1) is 16.8. The van der Waals surface area contributed by atoms with Gasteiger partial charge in [0.1, 0.15) is 0 Å². The van der Waals surface area contributed by atoms with Crippen LogP contribution in [0.1, 0.15) is 35.9 Å². The lowest BCUT2D eigenvalue weighted by Gasteiger charge is -2.22. The molecule has 1 heterocycles. The van der Waals surface area contributed by atoms with Gasteiger partial charge in [0, 0.05) is 6.20 Å². The van der Waals surface area contributed by atoms with Gasteiger partial charge in [-0.15, -0.1) is 0 Å². The Kier molecular flexibility index (Phi) is 5.57. The first-order valence-corrected chi connectivity index (χ1v) is 7.51. The third-order valence-electron chi connectivity index (χ3n) is 3.61. The molecule has 0 fully saturated rings. The lowest BCUT2D eigenvalue weighted by molar-refractivity contribution is 0.0920. The Morgan fingerprint density at radius 1 is 1.09 bits per heavy atom. The maximum absolute atomic E-state index is 12.7. The Labute approximate surface area is 136 Å². The number of amides is 1. The summed E-state index contributed by atoms with van der Waals surface area (Å²) in [6.45, 7) is 4.09. The predicted octanol–water partition coefficient (Wildman–Crippen LogP) is 3.23. The summed E-state index contributed by atoms with van der Waals surface area (Å²) in [6.07, 6.45) is 1.73. The van der Waals surface area contributed by atoms with Crippen molar-refractivity contribution in [2.24, 2.45) is 5.92 Å². The van der Waals surface area contributed by atoms with Crippen LogP contribution < -0.4 is 14.8 Å². The van der Waals surface area contributed by atoms with E-state index in [0.717, 1.165) is 5.69 Å². The topological polar surface area (TPSA) is 60.5 Å². The molecule has 0 radical (unpaired) electrons. The molecule has 1 aromatic carbocycles. The number of nitrogens with one attached hydrogen (secondary N) is 1. The Bertz CT molecular complexity index is 657. The zero-order valence-electron chi connectivity index (χ0n) is 13.9. The summed E-state index contributed by atoms with van der Waals surface area (Å²) in [5, 5.41) is 3.04. The van der Waals surface area contributed by atoms with Gasteiger partial charge in [0.25, 0.3) is 5.91 Å². The highest BCUT2D eigenvalue weighted by Gasteiger charge is 2.23. The number of carbonyl (C=O) groups is 1. The summed E-state index contributed by atoms with van der Waals surface area (Å²) in [7, 11) is 3.07. The van der Waals surface area contributed by atoms with Crippen LogP contribution in [-0.4, -0.2) is 25.1 Å². The number of nitrogens with zero attached hydrogens (tertiary/aromatic N) is 1. The summed E-state index contributed by atoms with van der Waals surface area (Å²) in [4.78, 5) is 17.1. The van der Waals surface area contributed by atoms with E-state index in [2.05, 4.69) is 10.3 Å². The molecule has 0 bridgehead atoms. The van der Waals surface area contributed by atoms with E-state index in [1.807, 2.05) is 32.0 Å². The van der Waals surface area contributed by atoms with Gasteiger partial charge in [0.05, 0.1) is 31.5 Å². The van der Waals surface area contributed by atoms with Crippen LogP contribution in [0.2, 0.25) is 0 Å². The fourth-order valence-corrected chi connectivity index (χ4v) is 2.43. The van der Waals surface area contributed by atoms with Gasteiger partial charge in [-0.1, -0.05) is 26.0 Å². The van der Waals surface area contributed by atoms with E-state index in [9.17, 15) is 4.79 Å². The molecule has 1 aromatic heterocycles. The first-order chi connectivity index (χ1) is 11.1. The molecule has 23 heavy (non-hydrogen) atoms. The summed E-state index contributed by atoms with van der Waals surface area (Å²) in [5.74, 6) is 0.936. The normalized spacial score (nSPS) is 11.9. The number of carbonyl (C=O) groups excluding carboxylic acids is 1. The third kappa shape index (κ3) is 3.80. The van der Waals surface area contributed by atoms with Crippen molar-refractivity contribution in [2.45, 2.75) is 19.9 Å². The fourth-order valence-electron chi connectivity index (χ4n) is 2.43. The Balaban J connectivity index is 2.30. The number of pyridine rings is 1. The fraction of sp³-hybridized carbons (Fsp3) is 0.333. The quantitative estimate of drug-likeness (QED) is 0.889. The van der Waals surface area contributed by atoms with Gasteiger partial charge >= 0.3 is 0 Å². The zero-order chi connectivity index (χ0) is 16.8. The standard InChI is InChI=1S/C18H22N2O3/c1-12(2)16(14-9-5-6-11-19-14)20-18(21)13-8-7-10-15(22-3)17(13)23-4/h5-12,16H,1-4H3,(H,20,21). The maximum atomic E-state index is 12.7. The second-order valence-corrected chi connectivity index (χ2v) is 5.49. The van der Waals surface area contributed by atoms with Gasteiger partial charge in [-0.05, 0) is 30.2 Å². The number of hydrogen-bond donors (Lipinski definition) is 1. The molecule has 1 amide bonds.